The quantitative estimate of drug-likeness (QED) is 0.401. The van der Waals surface area contributed by atoms with Gasteiger partial charge < -0.3 is 9.47 Å². The van der Waals surface area contributed by atoms with Gasteiger partial charge in [-0.15, -0.1) is 0 Å². The van der Waals surface area contributed by atoms with Crippen LogP contribution in [-0.2, 0) is 16.1 Å². The number of hydrogen-bond donors (Lipinski definition) is 0. The molecule has 28 heavy (non-hydrogen) atoms. The Bertz CT molecular complexity index is 1070. The SMILES string of the molecule is O=C1OC(c2ccccc2)=N/C1=C/c1ccccc1OCc1cccc(Br)c1. The van der Waals surface area contributed by atoms with Gasteiger partial charge in [0.15, 0.2) is 5.70 Å². The lowest BCUT2D eigenvalue weighted by molar-refractivity contribution is -0.129. The molecule has 0 aliphatic carbocycles. The number of para-hydroxylation sites is 1. The summed E-state index contributed by atoms with van der Waals surface area (Å²) in [5.74, 6) is 0.510. The van der Waals surface area contributed by atoms with Gasteiger partial charge in [0.25, 0.3) is 0 Å². The standard InChI is InChI=1S/C23H16BrNO3/c24-19-11-6-7-16(13-19)15-27-21-12-5-4-10-18(21)14-20-23(26)28-22(25-20)17-8-2-1-3-9-17/h1-14H,15H2/b20-14+. The summed E-state index contributed by atoms with van der Waals surface area (Å²) in [4.78, 5) is 16.6. The van der Waals surface area contributed by atoms with E-state index >= 15 is 0 Å². The number of carbonyl (C=O) groups excluding carboxylic acids is 1. The fraction of sp³-hybridized carbons (Fsp3) is 0.0435. The summed E-state index contributed by atoms with van der Waals surface area (Å²) in [6.07, 6.45) is 1.69. The Kier molecular flexibility index (Phi) is 5.35. The number of esters is 1. The molecule has 4 nitrogen and oxygen atoms in total. The van der Waals surface area contributed by atoms with E-state index in [4.69, 9.17) is 9.47 Å². The maximum absolute atomic E-state index is 12.2. The summed E-state index contributed by atoms with van der Waals surface area (Å²) in [5, 5.41) is 0. The Hall–Kier alpha value is -3.18. The molecule has 5 heteroatoms. The van der Waals surface area contributed by atoms with E-state index in [1.165, 1.54) is 0 Å². The summed E-state index contributed by atoms with van der Waals surface area (Å²) in [6, 6.07) is 24.8. The second-order valence-electron chi connectivity index (χ2n) is 6.16. The van der Waals surface area contributed by atoms with Crippen molar-refractivity contribution in [2.75, 3.05) is 0 Å². The Morgan fingerprint density at radius 1 is 0.964 bits per heavy atom. The van der Waals surface area contributed by atoms with E-state index in [9.17, 15) is 4.79 Å². The molecule has 138 valence electrons. The van der Waals surface area contributed by atoms with Gasteiger partial charge in [0, 0.05) is 15.6 Å². The van der Waals surface area contributed by atoms with Crippen LogP contribution in [0.1, 0.15) is 16.7 Å². The number of aliphatic imine (C=N–C) groups is 1. The molecule has 3 aromatic carbocycles. The fourth-order valence-corrected chi connectivity index (χ4v) is 3.23. The highest BCUT2D eigenvalue weighted by Crippen LogP contribution is 2.25. The molecular formula is C23H16BrNO3. The second kappa shape index (κ2) is 8.23. The molecule has 0 aromatic heterocycles. The van der Waals surface area contributed by atoms with Gasteiger partial charge in [0.2, 0.25) is 5.90 Å². The van der Waals surface area contributed by atoms with Gasteiger partial charge in [-0.2, -0.15) is 0 Å². The molecule has 0 N–H and O–H groups in total. The van der Waals surface area contributed by atoms with Crippen LogP contribution in [0, 0.1) is 0 Å². The van der Waals surface area contributed by atoms with Crippen LogP contribution in [0.15, 0.2) is 94.0 Å². The van der Waals surface area contributed by atoms with Gasteiger partial charge >= 0.3 is 5.97 Å². The van der Waals surface area contributed by atoms with Crippen molar-refractivity contribution in [1.29, 1.82) is 0 Å². The molecule has 1 heterocycles. The lowest BCUT2D eigenvalue weighted by Crippen LogP contribution is -2.05. The molecule has 3 aromatic rings. The Labute approximate surface area is 171 Å². The average molecular weight is 434 g/mol. The number of benzene rings is 3. The van der Waals surface area contributed by atoms with Crippen LogP contribution in [-0.4, -0.2) is 11.9 Å². The third-order valence-corrected chi connectivity index (χ3v) is 4.63. The molecule has 0 unspecified atom stereocenters. The summed E-state index contributed by atoms with van der Waals surface area (Å²) in [5.41, 5.74) is 2.82. The first-order valence-electron chi connectivity index (χ1n) is 8.73. The van der Waals surface area contributed by atoms with Gasteiger partial charge in [-0.3, -0.25) is 0 Å². The minimum Gasteiger partial charge on any atom is -0.488 e. The van der Waals surface area contributed by atoms with E-state index < -0.39 is 5.97 Å². The van der Waals surface area contributed by atoms with Gasteiger partial charge in [0.1, 0.15) is 12.4 Å². The van der Waals surface area contributed by atoms with Crippen molar-refractivity contribution in [3.05, 3.63) is 106 Å². The van der Waals surface area contributed by atoms with Crippen LogP contribution in [0.25, 0.3) is 6.08 Å². The molecule has 0 radical (unpaired) electrons. The topological polar surface area (TPSA) is 47.9 Å². The molecule has 0 spiro atoms. The molecule has 1 aliphatic rings. The van der Waals surface area contributed by atoms with Crippen LogP contribution in [0.4, 0.5) is 0 Å². The monoisotopic (exact) mass is 433 g/mol. The van der Waals surface area contributed by atoms with E-state index in [1.807, 2.05) is 78.9 Å². The van der Waals surface area contributed by atoms with Gasteiger partial charge in [-0.05, 0) is 42.0 Å². The predicted octanol–water partition coefficient (Wildman–Crippen LogP) is 5.37. The van der Waals surface area contributed by atoms with E-state index in [-0.39, 0.29) is 5.70 Å². The molecule has 1 aliphatic heterocycles. The van der Waals surface area contributed by atoms with Crippen LogP contribution < -0.4 is 4.74 Å². The number of carbonyl (C=O) groups is 1. The molecule has 0 amide bonds. The molecular weight excluding hydrogens is 418 g/mol. The highest BCUT2D eigenvalue weighted by Gasteiger charge is 2.24. The Balaban J connectivity index is 1.58. The van der Waals surface area contributed by atoms with Crippen molar-refractivity contribution >= 4 is 33.9 Å². The third-order valence-electron chi connectivity index (χ3n) is 4.14. The van der Waals surface area contributed by atoms with E-state index in [0.29, 0.717) is 18.3 Å². The average Bonchev–Trinajstić information content (AvgIpc) is 3.08. The summed E-state index contributed by atoms with van der Waals surface area (Å²) in [6.45, 7) is 0.419. The van der Waals surface area contributed by atoms with Crippen LogP contribution in [0.2, 0.25) is 0 Å². The highest BCUT2D eigenvalue weighted by atomic mass is 79.9. The zero-order valence-electron chi connectivity index (χ0n) is 14.8. The second-order valence-corrected chi connectivity index (χ2v) is 7.07. The largest absolute Gasteiger partial charge is 0.488 e. The highest BCUT2D eigenvalue weighted by molar-refractivity contribution is 9.10. The number of cyclic esters (lactones) is 1. The fourth-order valence-electron chi connectivity index (χ4n) is 2.78. The number of halogens is 1. The van der Waals surface area contributed by atoms with Crippen molar-refractivity contribution in [3.8, 4) is 5.75 Å². The lowest BCUT2D eigenvalue weighted by atomic mass is 10.1. The predicted molar refractivity (Wildman–Crippen MR) is 112 cm³/mol. The minimum atomic E-state index is -0.472. The summed E-state index contributed by atoms with van der Waals surface area (Å²) in [7, 11) is 0. The van der Waals surface area contributed by atoms with Gasteiger partial charge in [-0.25, -0.2) is 9.79 Å². The lowest BCUT2D eigenvalue weighted by Gasteiger charge is -2.09. The van der Waals surface area contributed by atoms with E-state index in [2.05, 4.69) is 20.9 Å². The summed E-state index contributed by atoms with van der Waals surface area (Å²) >= 11 is 3.46. The molecule has 0 saturated carbocycles. The van der Waals surface area contributed by atoms with Crippen molar-refractivity contribution in [2.24, 2.45) is 4.99 Å². The molecule has 0 bridgehead atoms. The first-order valence-corrected chi connectivity index (χ1v) is 9.52. The van der Waals surface area contributed by atoms with Crippen molar-refractivity contribution in [1.82, 2.24) is 0 Å². The van der Waals surface area contributed by atoms with Crippen molar-refractivity contribution in [3.63, 3.8) is 0 Å². The van der Waals surface area contributed by atoms with Crippen LogP contribution in [0.3, 0.4) is 0 Å². The number of ether oxygens (including phenoxy) is 2. The van der Waals surface area contributed by atoms with Crippen LogP contribution >= 0.6 is 15.9 Å². The maximum atomic E-state index is 12.2. The van der Waals surface area contributed by atoms with E-state index in [1.54, 1.807) is 6.08 Å². The first-order chi connectivity index (χ1) is 13.7. The van der Waals surface area contributed by atoms with Crippen molar-refractivity contribution < 1.29 is 14.3 Å². The molecule has 0 saturated heterocycles. The molecule has 0 fully saturated rings. The molecule has 0 atom stereocenters. The normalized spacial score (nSPS) is 14.7. The Morgan fingerprint density at radius 3 is 2.57 bits per heavy atom. The zero-order valence-corrected chi connectivity index (χ0v) is 16.4. The first kappa shape index (κ1) is 18.2. The van der Waals surface area contributed by atoms with Gasteiger partial charge in [0.05, 0.1) is 0 Å². The number of rotatable bonds is 5. The van der Waals surface area contributed by atoms with Crippen molar-refractivity contribution in [2.45, 2.75) is 6.61 Å². The molecule has 4 rings (SSSR count). The smallest absolute Gasteiger partial charge is 0.363 e. The Morgan fingerprint density at radius 2 is 1.75 bits per heavy atom. The number of nitrogens with zero attached hydrogens (tertiary/aromatic N) is 1. The number of hydrogen-bond acceptors (Lipinski definition) is 4. The maximum Gasteiger partial charge on any atom is 0.363 e. The summed E-state index contributed by atoms with van der Waals surface area (Å²) < 4.78 is 12.3. The van der Waals surface area contributed by atoms with Gasteiger partial charge in [-0.1, -0.05) is 64.5 Å². The van der Waals surface area contributed by atoms with Crippen LogP contribution in [0.5, 0.6) is 5.75 Å². The third kappa shape index (κ3) is 4.21. The minimum absolute atomic E-state index is 0.248. The zero-order chi connectivity index (χ0) is 19.3. The van der Waals surface area contributed by atoms with E-state index in [0.717, 1.165) is 21.2 Å².